The van der Waals surface area contributed by atoms with Crippen LogP contribution in [0.2, 0.25) is 0 Å². The minimum atomic E-state index is -1.11. The van der Waals surface area contributed by atoms with E-state index in [0.29, 0.717) is 11.1 Å². The van der Waals surface area contributed by atoms with Gasteiger partial charge in [-0.25, -0.2) is 4.98 Å². The Hall–Kier alpha value is -2.02. The zero-order valence-corrected chi connectivity index (χ0v) is 14.9. The number of nitrogens with zero attached hydrogens (tertiary/aromatic N) is 1. The molecule has 0 aliphatic carbocycles. The third-order valence-corrected chi connectivity index (χ3v) is 4.90. The highest BCUT2D eigenvalue weighted by Crippen LogP contribution is 2.42. The summed E-state index contributed by atoms with van der Waals surface area (Å²) >= 11 is 0.723. The van der Waals surface area contributed by atoms with E-state index >= 15 is 0 Å². The first kappa shape index (κ1) is 18.3. The van der Waals surface area contributed by atoms with Crippen LogP contribution in [0.15, 0.2) is 33.9 Å². The number of carbonyl (C=O) groups excluding carboxylic acids is 1. The van der Waals surface area contributed by atoms with Crippen molar-refractivity contribution < 1.29 is 23.3 Å². The zero-order valence-electron chi connectivity index (χ0n) is 14.1. The van der Waals surface area contributed by atoms with Crippen molar-refractivity contribution in [3.63, 3.8) is 0 Å². The van der Waals surface area contributed by atoms with Crippen molar-refractivity contribution in [2.24, 2.45) is 17.3 Å². The van der Waals surface area contributed by atoms with E-state index in [0.717, 1.165) is 12.0 Å². The molecular weight excluding hydrogens is 330 g/mol. The number of fused-ring (bicyclic) bond motifs is 1. The number of carboxylic acids is 1. The number of carbonyl (C=O) groups is 2. The monoisotopic (exact) mass is 351 g/mol. The van der Waals surface area contributed by atoms with Gasteiger partial charge in [0.05, 0.1) is 11.8 Å². The summed E-state index contributed by atoms with van der Waals surface area (Å²) in [5.74, 6) is -1.97. The number of aliphatic carboxylic acids is 1. The molecule has 0 unspecified atom stereocenters. The summed E-state index contributed by atoms with van der Waals surface area (Å²) in [5.41, 5.74) is 0.159. The second-order valence-electron chi connectivity index (χ2n) is 6.32. The highest BCUT2D eigenvalue weighted by molar-refractivity contribution is 7.94. The number of hydrogen-bond acceptors (Lipinski definition) is 6. The van der Waals surface area contributed by atoms with Crippen LogP contribution in [0.3, 0.4) is 0 Å². The Morgan fingerprint density at radius 1 is 1.25 bits per heavy atom. The molecule has 1 N–H and O–H groups in total. The van der Waals surface area contributed by atoms with Gasteiger partial charge in [0.25, 0.3) is 5.22 Å². The van der Waals surface area contributed by atoms with Crippen LogP contribution in [0.4, 0.5) is 0 Å². The summed E-state index contributed by atoms with van der Waals surface area (Å²) in [6.45, 7) is 7.31. The maximum Gasteiger partial charge on any atom is 0.325 e. The van der Waals surface area contributed by atoms with Crippen LogP contribution in [-0.4, -0.2) is 22.0 Å². The quantitative estimate of drug-likeness (QED) is 0.749. The van der Waals surface area contributed by atoms with Gasteiger partial charge in [0.2, 0.25) is 0 Å². The Morgan fingerprint density at radius 2 is 1.88 bits per heavy atom. The van der Waals surface area contributed by atoms with Crippen molar-refractivity contribution in [2.45, 2.75) is 39.3 Å². The van der Waals surface area contributed by atoms with Crippen molar-refractivity contribution in [2.75, 3.05) is 0 Å². The summed E-state index contributed by atoms with van der Waals surface area (Å²) in [6, 6.07) is 7.22. The molecule has 6 nitrogen and oxygen atoms in total. The predicted octanol–water partition coefficient (Wildman–Crippen LogP) is 4.15. The second-order valence-corrected chi connectivity index (χ2v) is 7.00. The maximum atomic E-state index is 12.7. The fraction of sp³-hybridized carbons (Fsp3) is 0.471. The van der Waals surface area contributed by atoms with E-state index in [2.05, 4.69) is 4.98 Å². The van der Waals surface area contributed by atoms with Crippen LogP contribution in [0.1, 0.15) is 34.1 Å². The molecule has 1 aromatic carbocycles. The number of benzene rings is 1. The van der Waals surface area contributed by atoms with Gasteiger partial charge in [-0.05, 0) is 24.0 Å². The van der Waals surface area contributed by atoms with Gasteiger partial charge in [-0.2, -0.15) is 0 Å². The Kier molecular flexibility index (Phi) is 5.54. The van der Waals surface area contributed by atoms with Crippen LogP contribution in [-0.2, 0) is 13.8 Å². The minimum absolute atomic E-state index is 0.190. The van der Waals surface area contributed by atoms with Gasteiger partial charge >= 0.3 is 11.9 Å². The number of aromatic nitrogens is 1. The molecule has 2 rings (SSSR count). The highest BCUT2D eigenvalue weighted by Gasteiger charge is 2.48. The highest BCUT2D eigenvalue weighted by atomic mass is 32.2. The fourth-order valence-electron chi connectivity index (χ4n) is 2.91. The lowest BCUT2D eigenvalue weighted by molar-refractivity contribution is -0.159. The largest absolute Gasteiger partial charge is 0.481 e. The number of para-hydroxylation sites is 2. The van der Waals surface area contributed by atoms with Crippen molar-refractivity contribution >= 4 is 35.1 Å². The number of oxazole rings is 1. The molecule has 0 bridgehead atoms. The topological polar surface area (TPSA) is 89.6 Å². The molecular formula is C17H21NO5S. The zero-order chi connectivity index (χ0) is 17.9. The molecule has 1 aromatic heterocycles. The van der Waals surface area contributed by atoms with Gasteiger partial charge in [0.1, 0.15) is 5.52 Å². The average Bonchev–Trinajstić information content (AvgIpc) is 2.92. The van der Waals surface area contributed by atoms with Crippen LogP contribution >= 0.6 is 12.0 Å². The summed E-state index contributed by atoms with van der Waals surface area (Å²) in [6.07, 6.45) is -0.282. The maximum absolute atomic E-state index is 12.7. The molecule has 24 heavy (non-hydrogen) atoms. The smallest absolute Gasteiger partial charge is 0.325 e. The first-order valence-electron chi connectivity index (χ1n) is 7.73. The molecule has 0 saturated carbocycles. The summed E-state index contributed by atoms with van der Waals surface area (Å²) < 4.78 is 10.8. The summed E-state index contributed by atoms with van der Waals surface area (Å²) in [4.78, 5) is 28.2. The van der Waals surface area contributed by atoms with Crippen LogP contribution < -0.4 is 0 Å². The van der Waals surface area contributed by atoms with E-state index in [4.69, 9.17) is 8.60 Å². The molecule has 2 aromatic rings. The predicted molar refractivity (Wildman–Crippen MR) is 90.3 cm³/mol. The fourth-order valence-corrected chi connectivity index (χ4v) is 3.47. The minimum Gasteiger partial charge on any atom is -0.481 e. The van der Waals surface area contributed by atoms with Gasteiger partial charge < -0.3 is 13.7 Å². The Bertz CT molecular complexity index is 696. The lowest BCUT2D eigenvalue weighted by Crippen LogP contribution is -2.43. The summed E-state index contributed by atoms with van der Waals surface area (Å²) in [7, 11) is 0. The first-order chi connectivity index (χ1) is 11.3. The lowest BCUT2D eigenvalue weighted by Gasteiger charge is -2.36. The van der Waals surface area contributed by atoms with E-state index in [1.807, 2.05) is 39.8 Å². The SMILES string of the molecule is CC(C)C(CC(=O)O)(C(=O)OSc1nc2ccccc2o1)C(C)C. The molecule has 0 spiro atoms. The van der Waals surface area contributed by atoms with E-state index in [9.17, 15) is 14.7 Å². The van der Waals surface area contributed by atoms with E-state index in [1.165, 1.54) is 0 Å². The van der Waals surface area contributed by atoms with Crippen LogP contribution in [0.25, 0.3) is 11.1 Å². The van der Waals surface area contributed by atoms with E-state index in [-0.39, 0.29) is 23.5 Å². The van der Waals surface area contributed by atoms with E-state index < -0.39 is 17.4 Å². The lowest BCUT2D eigenvalue weighted by atomic mass is 9.67. The molecule has 130 valence electrons. The van der Waals surface area contributed by atoms with Crippen LogP contribution in [0, 0.1) is 17.3 Å². The standard InChI is InChI=1S/C17H21NO5S/c1-10(2)17(11(3)4,9-14(19)20)15(21)23-24-16-18-12-7-5-6-8-13(12)22-16/h5-8,10-11H,9H2,1-4H3,(H,19,20). The Morgan fingerprint density at radius 3 is 2.42 bits per heavy atom. The van der Waals surface area contributed by atoms with Crippen molar-refractivity contribution in [1.82, 2.24) is 4.98 Å². The van der Waals surface area contributed by atoms with Crippen molar-refractivity contribution in [1.29, 1.82) is 0 Å². The third kappa shape index (κ3) is 3.56. The molecule has 0 fully saturated rings. The normalized spacial score (nSPS) is 12.1. The molecule has 0 atom stereocenters. The molecule has 0 aliphatic rings. The molecule has 1 heterocycles. The number of carboxylic acid groups (broad SMARTS) is 1. The number of rotatable bonds is 7. The van der Waals surface area contributed by atoms with Gasteiger partial charge in [0, 0.05) is 0 Å². The molecule has 7 heteroatoms. The first-order valence-corrected chi connectivity index (χ1v) is 8.48. The van der Waals surface area contributed by atoms with E-state index in [1.54, 1.807) is 12.1 Å². The third-order valence-electron chi connectivity index (χ3n) is 4.35. The Labute approximate surface area is 144 Å². The molecule has 0 radical (unpaired) electrons. The molecule has 0 amide bonds. The van der Waals surface area contributed by atoms with Crippen molar-refractivity contribution in [3.8, 4) is 0 Å². The van der Waals surface area contributed by atoms with Crippen LogP contribution in [0.5, 0.6) is 0 Å². The Balaban J connectivity index is 2.19. The van der Waals surface area contributed by atoms with Gasteiger partial charge in [-0.3, -0.25) is 9.59 Å². The molecule has 0 saturated heterocycles. The van der Waals surface area contributed by atoms with Gasteiger partial charge in [-0.1, -0.05) is 39.8 Å². The molecule has 0 aliphatic heterocycles. The average molecular weight is 351 g/mol. The summed E-state index contributed by atoms with van der Waals surface area (Å²) in [5, 5.41) is 9.44. The second kappa shape index (κ2) is 7.25. The van der Waals surface area contributed by atoms with Gasteiger partial charge in [-0.15, -0.1) is 0 Å². The van der Waals surface area contributed by atoms with Gasteiger partial charge in [0.15, 0.2) is 17.6 Å². The number of hydrogen-bond donors (Lipinski definition) is 1. The van der Waals surface area contributed by atoms with Crippen molar-refractivity contribution in [3.05, 3.63) is 24.3 Å².